The van der Waals surface area contributed by atoms with Crippen molar-refractivity contribution in [3.05, 3.63) is 35.9 Å². The molecule has 0 atom stereocenters. The van der Waals surface area contributed by atoms with Gasteiger partial charge in [0.05, 0.1) is 12.0 Å². The van der Waals surface area contributed by atoms with E-state index in [2.05, 4.69) is 10.1 Å². The molecule has 0 bridgehead atoms. The molecule has 0 fully saturated rings. The molecular weight excluding hydrogens is 237 g/mol. The molecule has 1 N–H and O–H groups in total. The van der Waals surface area contributed by atoms with E-state index in [1.165, 1.54) is 10.7 Å². The minimum atomic E-state index is -0.908. The van der Waals surface area contributed by atoms with Crippen molar-refractivity contribution >= 4 is 5.97 Å². The Hall–Kier alpha value is -2.24. The van der Waals surface area contributed by atoms with E-state index in [0.717, 1.165) is 0 Å². The summed E-state index contributed by atoms with van der Waals surface area (Å²) in [4.78, 5) is 14.6. The van der Waals surface area contributed by atoms with Gasteiger partial charge in [0.25, 0.3) is 0 Å². The summed E-state index contributed by atoms with van der Waals surface area (Å²) < 4.78 is 15.1. The van der Waals surface area contributed by atoms with Crippen LogP contribution in [0.1, 0.15) is 12.2 Å². The Kier molecular flexibility index (Phi) is 3.36. The number of aliphatic carboxylic acids is 1. The highest BCUT2D eigenvalue weighted by Gasteiger charge is 2.13. The highest BCUT2D eigenvalue weighted by molar-refractivity contribution is 5.67. The van der Waals surface area contributed by atoms with E-state index >= 15 is 0 Å². The number of rotatable bonds is 4. The van der Waals surface area contributed by atoms with Gasteiger partial charge in [-0.15, -0.1) is 0 Å². The van der Waals surface area contributed by atoms with Gasteiger partial charge in [-0.3, -0.25) is 4.79 Å². The van der Waals surface area contributed by atoms with Crippen LogP contribution in [-0.4, -0.2) is 25.8 Å². The van der Waals surface area contributed by atoms with Gasteiger partial charge in [0, 0.05) is 13.5 Å². The van der Waals surface area contributed by atoms with Crippen molar-refractivity contribution in [2.45, 2.75) is 12.8 Å². The standard InChI is InChI=1S/C12H12FN3O2/c1-16-12(8-4-2-3-5-9(8)13)14-10(15-16)6-7-11(17)18/h2-5H,6-7H2,1H3,(H,17,18). The van der Waals surface area contributed by atoms with E-state index in [4.69, 9.17) is 5.11 Å². The van der Waals surface area contributed by atoms with E-state index in [0.29, 0.717) is 17.2 Å². The topological polar surface area (TPSA) is 68.0 Å². The predicted molar refractivity (Wildman–Crippen MR) is 62.4 cm³/mol. The third-order valence-corrected chi connectivity index (χ3v) is 2.48. The lowest BCUT2D eigenvalue weighted by atomic mass is 10.2. The maximum atomic E-state index is 13.6. The van der Waals surface area contributed by atoms with Crippen LogP contribution in [0.15, 0.2) is 24.3 Å². The highest BCUT2D eigenvalue weighted by atomic mass is 19.1. The Morgan fingerprint density at radius 2 is 2.17 bits per heavy atom. The zero-order valence-corrected chi connectivity index (χ0v) is 9.80. The second kappa shape index (κ2) is 4.95. The quantitative estimate of drug-likeness (QED) is 0.894. The highest BCUT2D eigenvalue weighted by Crippen LogP contribution is 2.20. The Bertz CT molecular complexity index is 580. The van der Waals surface area contributed by atoms with E-state index in [-0.39, 0.29) is 18.7 Å². The fourth-order valence-corrected chi connectivity index (χ4v) is 1.64. The van der Waals surface area contributed by atoms with Crippen LogP contribution in [0.25, 0.3) is 11.4 Å². The van der Waals surface area contributed by atoms with Gasteiger partial charge in [-0.2, -0.15) is 5.10 Å². The van der Waals surface area contributed by atoms with E-state index in [9.17, 15) is 9.18 Å². The first kappa shape index (κ1) is 12.2. The van der Waals surface area contributed by atoms with Gasteiger partial charge in [-0.1, -0.05) is 12.1 Å². The summed E-state index contributed by atoms with van der Waals surface area (Å²) >= 11 is 0. The van der Waals surface area contributed by atoms with Gasteiger partial charge in [0.2, 0.25) is 0 Å². The maximum Gasteiger partial charge on any atom is 0.303 e. The Morgan fingerprint density at radius 1 is 1.44 bits per heavy atom. The van der Waals surface area contributed by atoms with Crippen molar-refractivity contribution in [2.75, 3.05) is 0 Å². The van der Waals surface area contributed by atoms with Crippen molar-refractivity contribution in [3.8, 4) is 11.4 Å². The smallest absolute Gasteiger partial charge is 0.303 e. The van der Waals surface area contributed by atoms with Crippen LogP contribution in [0, 0.1) is 5.82 Å². The second-order valence-corrected chi connectivity index (χ2v) is 3.85. The molecule has 0 aliphatic carbocycles. The molecule has 0 saturated carbocycles. The predicted octanol–water partition coefficient (Wildman–Crippen LogP) is 1.64. The molecule has 0 radical (unpaired) electrons. The van der Waals surface area contributed by atoms with Crippen LogP contribution in [0.3, 0.4) is 0 Å². The molecule has 0 saturated heterocycles. The van der Waals surface area contributed by atoms with Crippen molar-refractivity contribution in [2.24, 2.45) is 7.05 Å². The van der Waals surface area contributed by atoms with Crippen LogP contribution in [-0.2, 0) is 18.3 Å². The summed E-state index contributed by atoms with van der Waals surface area (Å²) in [7, 11) is 1.65. The molecule has 2 rings (SSSR count). The minimum absolute atomic E-state index is 0.0409. The van der Waals surface area contributed by atoms with Gasteiger partial charge in [0.15, 0.2) is 11.6 Å². The number of carboxylic acids is 1. The second-order valence-electron chi connectivity index (χ2n) is 3.85. The Morgan fingerprint density at radius 3 is 2.83 bits per heavy atom. The third kappa shape index (κ3) is 2.53. The Balaban J connectivity index is 2.30. The number of hydrogen-bond acceptors (Lipinski definition) is 3. The molecular formula is C12H12FN3O2. The zero-order valence-electron chi connectivity index (χ0n) is 9.80. The monoisotopic (exact) mass is 249 g/mol. The van der Waals surface area contributed by atoms with Crippen molar-refractivity contribution < 1.29 is 14.3 Å². The summed E-state index contributed by atoms with van der Waals surface area (Å²) in [6, 6.07) is 6.27. The van der Waals surface area contributed by atoms with Crippen LogP contribution >= 0.6 is 0 Å². The summed E-state index contributed by atoms with van der Waals surface area (Å²) in [5.74, 6) is -0.487. The normalized spacial score (nSPS) is 10.6. The van der Waals surface area contributed by atoms with Gasteiger partial charge < -0.3 is 5.11 Å². The average Bonchev–Trinajstić information content (AvgIpc) is 2.69. The summed E-state index contributed by atoms with van der Waals surface area (Å²) in [6.07, 6.45) is 0.193. The summed E-state index contributed by atoms with van der Waals surface area (Å²) in [5.41, 5.74) is 0.356. The number of aromatic nitrogens is 3. The molecule has 1 heterocycles. The molecule has 0 aliphatic rings. The molecule has 0 unspecified atom stereocenters. The van der Waals surface area contributed by atoms with E-state index in [1.54, 1.807) is 25.2 Å². The largest absolute Gasteiger partial charge is 0.481 e. The van der Waals surface area contributed by atoms with Gasteiger partial charge >= 0.3 is 5.97 Å². The molecule has 18 heavy (non-hydrogen) atoms. The summed E-state index contributed by atoms with van der Waals surface area (Å²) in [6.45, 7) is 0. The Labute approximate surface area is 103 Å². The van der Waals surface area contributed by atoms with Crippen LogP contribution in [0.5, 0.6) is 0 Å². The first-order valence-electron chi connectivity index (χ1n) is 5.44. The lowest BCUT2D eigenvalue weighted by Gasteiger charge is -2.00. The van der Waals surface area contributed by atoms with Crippen molar-refractivity contribution in [1.29, 1.82) is 0 Å². The fraction of sp³-hybridized carbons (Fsp3) is 0.250. The molecule has 0 aliphatic heterocycles. The molecule has 0 spiro atoms. The lowest BCUT2D eigenvalue weighted by Crippen LogP contribution is -1.99. The van der Waals surface area contributed by atoms with Gasteiger partial charge in [0.1, 0.15) is 5.82 Å². The van der Waals surface area contributed by atoms with Crippen LogP contribution < -0.4 is 0 Å². The third-order valence-electron chi connectivity index (χ3n) is 2.48. The van der Waals surface area contributed by atoms with Crippen LogP contribution in [0.2, 0.25) is 0 Å². The molecule has 1 aromatic carbocycles. The number of benzene rings is 1. The minimum Gasteiger partial charge on any atom is -0.481 e. The number of nitrogens with zero attached hydrogens (tertiary/aromatic N) is 3. The zero-order chi connectivity index (χ0) is 13.1. The molecule has 2 aromatic rings. The first-order valence-corrected chi connectivity index (χ1v) is 5.44. The molecule has 1 aromatic heterocycles. The van der Waals surface area contributed by atoms with Crippen molar-refractivity contribution in [1.82, 2.24) is 14.8 Å². The number of hydrogen-bond donors (Lipinski definition) is 1. The van der Waals surface area contributed by atoms with Gasteiger partial charge in [-0.25, -0.2) is 14.1 Å². The van der Waals surface area contributed by atoms with E-state index < -0.39 is 5.97 Å². The number of carboxylic acid groups (broad SMARTS) is 1. The van der Waals surface area contributed by atoms with Gasteiger partial charge in [-0.05, 0) is 12.1 Å². The summed E-state index contributed by atoms with van der Waals surface area (Å²) in [5, 5.41) is 12.7. The SMILES string of the molecule is Cn1nc(CCC(=O)O)nc1-c1ccccc1F. The molecule has 6 heteroatoms. The fourth-order valence-electron chi connectivity index (χ4n) is 1.64. The first-order chi connectivity index (χ1) is 8.58. The molecule has 94 valence electrons. The van der Waals surface area contributed by atoms with E-state index in [1.807, 2.05) is 0 Å². The van der Waals surface area contributed by atoms with Crippen LogP contribution in [0.4, 0.5) is 4.39 Å². The maximum absolute atomic E-state index is 13.6. The molecule has 0 amide bonds. The average molecular weight is 249 g/mol. The number of carbonyl (C=O) groups is 1. The molecule has 5 nitrogen and oxygen atoms in total. The van der Waals surface area contributed by atoms with Crippen molar-refractivity contribution in [3.63, 3.8) is 0 Å². The number of aryl methyl sites for hydroxylation is 2. The number of halogens is 1. The lowest BCUT2D eigenvalue weighted by molar-refractivity contribution is -0.137.